The Morgan fingerprint density at radius 3 is 2.94 bits per heavy atom. The van der Waals surface area contributed by atoms with Gasteiger partial charge in [0.25, 0.3) is 0 Å². The van der Waals surface area contributed by atoms with Crippen LogP contribution in [0.4, 0.5) is 0 Å². The molecule has 1 unspecified atom stereocenters. The summed E-state index contributed by atoms with van der Waals surface area (Å²) < 4.78 is 5.84. The summed E-state index contributed by atoms with van der Waals surface area (Å²) in [4.78, 5) is 10.4. The third-order valence-electron chi connectivity index (χ3n) is 3.76. The maximum atomic E-state index is 10.4. The summed E-state index contributed by atoms with van der Waals surface area (Å²) in [5.74, 6) is -0.704. The molecule has 1 spiro atoms. The zero-order valence-electron chi connectivity index (χ0n) is 9.71. The van der Waals surface area contributed by atoms with Gasteiger partial charge in [-0.25, -0.2) is 0 Å². The van der Waals surface area contributed by atoms with Crippen LogP contribution in [-0.2, 0) is 9.53 Å². The Morgan fingerprint density at radius 2 is 2.31 bits per heavy atom. The van der Waals surface area contributed by atoms with Gasteiger partial charge in [-0.2, -0.15) is 0 Å². The Morgan fingerprint density at radius 1 is 1.50 bits per heavy atom. The van der Waals surface area contributed by atoms with Crippen molar-refractivity contribution in [1.82, 2.24) is 5.32 Å². The molecular formula is C12H21NO3. The molecule has 2 aliphatic rings. The first-order valence-electron chi connectivity index (χ1n) is 6.29. The van der Waals surface area contributed by atoms with Crippen molar-refractivity contribution in [1.29, 1.82) is 0 Å². The van der Waals surface area contributed by atoms with E-state index in [1.807, 2.05) is 0 Å². The largest absolute Gasteiger partial charge is 0.481 e. The Bertz CT molecular complexity index is 251. The van der Waals surface area contributed by atoms with Crippen molar-refractivity contribution in [3.8, 4) is 0 Å². The van der Waals surface area contributed by atoms with Crippen molar-refractivity contribution >= 4 is 5.97 Å². The third-order valence-corrected chi connectivity index (χ3v) is 3.76. The second-order valence-corrected chi connectivity index (χ2v) is 5.03. The highest BCUT2D eigenvalue weighted by Gasteiger charge is 2.42. The topological polar surface area (TPSA) is 58.6 Å². The minimum atomic E-state index is -0.704. The molecule has 0 aromatic rings. The minimum absolute atomic E-state index is 0.183. The quantitative estimate of drug-likeness (QED) is 0.699. The van der Waals surface area contributed by atoms with Gasteiger partial charge in [0.15, 0.2) is 0 Å². The van der Waals surface area contributed by atoms with Gasteiger partial charge in [0.1, 0.15) is 0 Å². The second-order valence-electron chi connectivity index (χ2n) is 5.03. The first-order valence-corrected chi connectivity index (χ1v) is 6.29. The van der Waals surface area contributed by atoms with E-state index in [4.69, 9.17) is 9.84 Å². The van der Waals surface area contributed by atoms with E-state index in [1.165, 1.54) is 19.3 Å². The SMILES string of the molecule is O=C(O)CCCNC1CCOC2(CCC2)C1. The molecule has 1 aliphatic carbocycles. The molecule has 0 amide bonds. The first-order chi connectivity index (χ1) is 7.70. The van der Waals surface area contributed by atoms with Gasteiger partial charge in [-0.3, -0.25) is 4.79 Å². The highest BCUT2D eigenvalue weighted by Crippen LogP contribution is 2.42. The first kappa shape index (κ1) is 11.9. The molecule has 1 atom stereocenters. The van der Waals surface area contributed by atoms with Gasteiger partial charge >= 0.3 is 5.97 Å². The predicted molar refractivity (Wildman–Crippen MR) is 60.4 cm³/mol. The van der Waals surface area contributed by atoms with Crippen LogP contribution in [0, 0.1) is 0 Å². The lowest BCUT2D eigenvalue weighted by Crippen LogP contribution is -2.51. The maximum absolute atomic E-state index is 10.4. The molecule has 0 bridgehead atoms. The van der Waals surface area contributed by atoms with Crippen molar-refractivity contribution in [2.45, 2.75) is 56.6 Å². The summed E-state index contributed by atoms with van der Waals surface area (Å²) in [6.07, 6.45) is 6.88. The van der Waals surface area contributed by atoms with Crippen LogP contribution >= 0.6 is 0 Å². The van der Waals surface area contributed by atoms with Crippen molar-refractivity contribution in [3.63, 3.8) is 0 Å². The number of ether oxygens (including phenoxy) is 1. The van der Waals surface area contributed by atoms with Crippen molar-refractivity contribution in [3.05, 3.63) is 0 Å². The van der Waals surface area contributed by atoms with E-state index in [2.05, 4.69) is 5.32 Å². The van der Waals surface area contributed by atoms with Crippen molar-refractivity contribution in [2.75, 3.05) is 13.2 Å². The van der Waals surface area contributed by atoms with Gasteiger partial charge in [0.2, 0.25) is 0 Å². The van der Waals surface area contributed by atoms with E-state index >= 15 is 0 Å². The van der Waals surface area contributed by atoms with Crippen LogP contribution in [0.1, 0.15) is 44.9 Å². The third kappa shape index (κ3) is 2.95. The monoisotopic (exact) mass is 227 g/mol. The Kier molecular flexibility index (Phi) is 3.82. The summed E-state index contributed by atoms with van der Waals surface area (Å²) in [5, 5.41) is 12.0. The average Bonchev–Trinajstić information content (AvgIpc) is 2.22. The lowest BCUT2D eigenvalue weighted by Gasteiger charge is -2.47. The predicted octanol–water partition coefficient (Wildman–Crippen LogP) is 1.54. The van der Waals surface area contributed by atoms with E-state index in [0.717, 1.165) is 32.4 Å². The van der Waals surface area contributed by atoms with Crippen LogP contribution in [0.3, 0.4) is 0 Å². The van der Waals surface area contributed by atoms with E-state index in [0.29, 0.717) is 6.04 Å². The highest BCUT2D eigenvalue weighted by atomic mass is 16.5. The van der Waals surface area contributed by atoms with Crippen LogP contribution in [0.5, 0.6) is 0 Å². The molecule has 1 saturated heterocycles. The van der Waals surface area contributed by atoms with Gasteiger partial charge < -0.3 is 15.2 Å². The van der Waals surface area contributed by atoms with Crippen molar-refractivity contribution in [2.24, 2.45) is 0 Å². The standard InChI is InChI=1S/C12H21NO3/c14-11(15)3-1-7-13-10-4-8-16-12(9-10)5-2-6-12/h10,13H,1-9H2,(H,14,15). The Hall–Kier alpha value is -0.610. The van der Waals surface area contributed by atoms with Gasteiger partial charge in [-0.05, 0) is 45.1 Å². The molecule has 1 heterocycles. The second kappa shape index (κ2) is 5.15. The summed E-state index contributed by atoms with van der Waals surface area (Å²) in [5.41, 5.74) is 0.183. The van der Waals surface area contributed by atoms with Crippen molar-refractivity contribution < 1.29 is 14.6 Å². The molecule has 1 saturated carbocycles. The normalized spacial score (nSPS) is 27.6. The lowest BCUT2D eigenvalue weighted by molar-refractivity contribution is -0.138. The van der Waals surface area contributed by atoms with Gasteiger partial charge in [-0.15, -0.1) is 0 Å². The molecule has 16 heavy (non-hydrogen) atoms. The number of rotatable bonds is 5. The maximum Gasteiger partial charge on any atom is 0.303 e. The van der Waals surface area contributed by atoms with Crippen LogP contribution in [-0.4, -0.2) is 35.9 Å². The number of carboxylic acid groups (broad SMARTS) is 1. The molecule has 0 radical (unpaired) electrons. The number of nitrogens with one attached hydrogen (secondary N) is 1. The molecule has 2 N–H and O–H groups in total. The zero-order valence-corrected chi connectivity index (χ0v) is 9.71. The molecular weight excluding hydrogens is 206 g/mol. The molecule has 2 rings (SSSR count). The van der Waals surface area contributed by atoms with Gasteiger partial charge in [-0.1, -0.05) is 0 Å². The number of hydrogen-bond acceptors (Lipinski definition) is 3. The Balaban J connectivity index is 1.64. The fraction of sp³-hybridized carbons (Fsp3) is 0.917. The average molecular weight is 227 g/mol. The molecule has 92 valence electrons. The molecule has 4 nitrogen and oxygen atoms in total. The Labute approximate surface area is 96.4 Å². The van der Waals surface area contributed by atoms with E-state index in [9.17, 15) is 4.79 Å². The minimum Gasteiger partial charge on any atom is -0.481 e. The van der Waals surface area contributed by atoms with Crippen LogP contribution in [0.2, 0.25) is 0 Å². The molecule has 2 fully saturated rings. The van der Waals surface area contributed by atoms with E-state index in [1.54, 1.807) is 0 Å². The smallest absolute Gasteiger partial charge is 0.303 e. The number of hydrogen-bond donors (Lipinski definition) is 2. The molecule has 0 aromatic heterocycles. The lowest BCUT2D eigenvalue weighted by atomic mass is 9.74. The fourth-order valence-corrected chi connectivity index (χ4v) is 2.67. The molecule has 4 heteroatoms. The summed E-state index contributed by atoms with van der Waals surface area (Å²) in [6.45, 7) is 1.67. The summed E-state index contributed by atoms with van der Waals surface area (Å²) in [7, 11) is 0. The van der Waals surface area contributed by atoms with Crippen LogP contribution in [0.25, 0.3) is 0 Å². The summed E-state index contributed by atoms with van der Waals surface area (Å²) in [6, 6.07) is 0.530. The van der Waals surface area contributed by atoms with Gasteiger partial charge in [0.05, 0.1) is 5.60 Å². The van der Waals surface area contributed by atoms with E-state index < -0.39 is 5.97 Å². The number of carboxylic acids is 1. The van der Waals surface area contributed by atoms with E-state index in [-0.39, 0.29) is 12.0 Å². The number of carbonyl (C=O) groups is 1. The molecule has 0 aromatic carbocycles. The number of aliphatic carboxylic acids is 1. The fourth-order valence-electron chi connectivity index (χ4n) is 2.67. The van der Waals surface area contributed by atoms with Gasteiger partial charge in [0, 0.05) is 19.1 Å². The highest BCUT2D eigenvalue weighted by molar-refractivity contribution is 5.66. The zero-order chi connectivity index (χ0) is 11.4. The summed E-state index contributed by atoms with van der Waals surface area (Å²) >= 11 is 0. The molecule has 1 aliphatic heterocycles. The van der Waals surface area contributed by atoms with Crippen LogP contribution in [0.15, 0.2) is 0 Å². The van der Waals surface area contributed by atoms with Crippen LogP contribution < -0.4 is 5.32 Å².